The number of benzene rings is 1. The molecule has 2 unspecified atom stereocenters. The first-order chi connectivity index (χ1) is 11.5. The van der Waals surface area contributed by atoms with Gasteiger partial charge in [-0.3, -0.25) is 0 Å². The van der Waals surface area contributed by atoms with Gasteiger partial charge in [0.15, 0.2) is 0 Å². The van der Waals surface area contributed by atoms with Gasteiger partial charge in [-0.2, -0.15) is 4.31 Å². The Morgan fingerprint density at radius 2 is 2.00 bits per heavy atom. The minimum absolute atomic E-state index is 0.00469. The smallest absolute Gasteiger partial charge is 0.237 e. The molecule has 124 valence electrons. The molecule has 0 aliphatic carbocycles. The minimum atomic E-state index is -3.47. The van der Waals surface area contributed by atoms with E-state index >= 15 is 0 Å². The number of hydrogen-bond acceptors (Lipinski definition) is 4. The van der Waals surface area contributed by atoms with Crippen molar-refractivity contribution in [2.45, 2.75) is 38.3 Å². The SMILES string of the molecule is Cc1ccc(/C=C/S(=O)(=O)N2C3CCC2c2cncnc2C3)cc1. The van der Waals surface area contributed by atoms with Crippen LogP contribution in [-0.2, 0) is 16.4 Å². The highest BCUT2D eigenvalue weighted by atomic mass is 32.2. The predicted molar refractivity (Wildman–Crippen MR) is 92.5 cm³/mol. The Morgan fingerprint density at radius 1 is 1.21 bits per heavy atom. The fourth-order valence-corrected chi connectivity index (χ4v) is 5.32. The molecule has 0 amide bonds. The monoisotopic (exact) mass is 341 g/mol. The molecular formula is C18H19N3O2S. The Labute approximate surface area is 142 Å². The highest BCUT2D eigenvalue weighted by molar-refractivity contribution is 7.92. The van der Waals surface area contributed by atoms with Crippen LogP contribution in [0.3, 0.4) is 0 Å². The van der Waals surface area contributed by atoms with Crippen LogP contribution in [-0.4, -0.2) is 28.7 Å². The molecule has 2 aliphatic rings. The zero-order valence-electron chi connectivity index (χ0n) is 13.5. The van der Waals surface area contributed by atoms with Crippen molar-refractivity contribution in [1.82, 2.24) is 14.3 Å². The first-order valence-corrected chi connectivity index (χ1v) is 9.62. The van der Waals surface area contributed by atoms with E-state index in [9.17, 15) is 8.42 Å². The molecule has 1 aromatic carbocycles. The number of hydrogen-bond donors (Lipinski definition) is 0. The van der Waals surface area contributed by atoms with Crippen molar-refractivity contribution in [3.8, 4) is 0 Å². The van der Waals surface area contributed by atoms with Crippen LogP contribution in [0.2, 0.25) is 0 Å². The van der Waals surface area contributed by atoms with Crippen molar-refractivity contribution in [3.63, 3.8) is 0 Å². The largest absolute Gasteiger partial charge is 0.244 e. The second-order valence-electron chi connectivity index (χ2n) is 6.46. The van der Waals surface area contributed by atoms with Crippen molar-refractivity contribution in [2.24, 2.45) is 0 Å². The van der Waals surface area contributed by atoms with Crippen LogP contribution in [0.4, 0.5) is 0 Å². The Bertz CT molecular complexity index is 891. The second-order valence-corrected chi connectivity index (χ2v) is 8.19. The summed E-state index contributed by atoms with van der Waals surface area (Å²) in [5.74, 6) is 0. The molecule has 0 radical (unpaired) electrons. The van der Waals surface area contributed by atoms with Crippen LogP contribution in [0.25, 0.3) is 6.08 Å². The minimum Gasteiger partial charge on any atom is -0.244 e. The molecule has 1 saturated heterocycles. The van der Waals surface area contributed by atoms with E-state index in [1.807, 2.05) is 31.2 Å². The fourth-order valence-electron chi connectivity index (χ4n) is 3.68. The maximum atomic E-state index is 12.9. The number of aromatic nitrogens is 2. The first-order valence-electron chi connectivity index (χ1n) is 8.12. The maximum absolute atomic E-state index is 12.9. The number of rotatable bonds is 3. The molecule has 2 atom stereocenters. The summed E-state index contributed by atoms with van der Waals surface area (Å²) >= 11 is 0. The predicted octanol–water partition coefficient (Wildman–Crippen LogP) is 2.85. The first kappa shape index (κ1) is 15.5. The quantitative estimate of drug-likeness (QED) is 0.861. The molecule has 1 fully saturated rings. The van der Waals surface area contributed by atoms with Crippen molar-refractivity contribution >= 4 is 16.1 Å². The van der Waals surface area contributed by atoms with Crippen molar-refractivity contribution in [1.29, 1.82) is 0 Å². The van der Waals surface area contributed by atoms with Crippen molar-refractivity contribution < 1.29 is 8.42 Å². The van der Waals surface area contributed by atoms with Crippen LogP contribution >= 0.6 is 0 Å². The molecule has 0 saturated carbocycles. The molecule has 5 nitrogen and oxygen atoms in total. The van der Waals surface area contributed by atoms with Gasteiger partial charge in [0.1, 0.15) is 6.33 Å². The Hall–Kier alpha value is -2.05. The van der Waals surface area contributed by atoms with Gasteiger partial charge in [-0.25, -0.2) is 18.4 Å². The summed E-state index contributed by atoms with van der Waals surface area (Å²) in [5, 5.41) is 1.33. The summed E-state index contributed by atoms with van der Waals surface area (Å²) in [4.78, 5) is 8.41. The average Bonchev–Trinajstić information content (AvgIpc) is 2.91. The molecule has 2 bridgehead atoms. The van der Waals surface area contributed by atoms with Gasteiger partial charge in [0.25, 0.3) is 0 Å². The zero-order chi connectivity index (χ0) is 16.7. The van der Waals surface area contributed by atoms with Crippen molar-refractivity contribution in [3.05, 3.63) is 64.6 Å². The molecular weight excluding hydrogens is 322 g/mol. The average molecular weight is 341 g/mol. The summed E-state index contributed by atoms with van der Waals surface area (Å²) in [6, 6.07) is 7.68. The lowest BCUT2D eigenvalue weighted by Gasteiger charge is -2.33. The van der Waals surface area contributed by atoms with Crippen molar-refractivity contribution in [2.75, 3.05) is 0 Å². The fraction of sp³-hybridized carbons (Fsp3) is 0.333. The number of nitrogens with zero attached hydrogens (tertiary/aromatic N) is 3. The third-order valence-electron chi connectivity index (χ3n) is 4.86. The van der Waals surface area contributed by atoms with Gasteiger partial charge < -0.3 is 0 Å². The van der Waals surface area contributed by atoms with Gasteiger partial charge in [-0.1, -0.05) is 29.8 Å². The number of fused-ring (bicyclic) bond motifs is 4. The topological polar surface area (TPSA) is 63.2 Å². The number of sulfonamides is 1. The van der Waals surface area contributed by atoms with E-state index in [-0.39, 0.29) is 12.1 Å². The highest BCUT2D eigenvalue weighted by Gasteiger charge is 2.45. The molecule has 0 N–H and O–H groups in total. The second kappa shape index (κ2) is 5.79. The van der Waals surface area contributed by atoms with Gasteiger partial charge in [-0.05, 0) is 31.4 Å². The third-order valence-corrected chi connectivity index (χ3v) is 6.48. The van der Waals surface area contributed by atoms with E-state index in [1.165, 1.54) is 5.41 Å². The van der Waals surface area contributed by atoms with Crippen LogP contribution in [0.1, 0.15) is 41.3 Å². The lowest BCUT2D eigenvalue weighted by molar-refractivity contribution is 0.304. The molecule has 3 heterocycles. The molecule has 2 aliphatic heterocycles. The van der Waals surface area contributed by atoms with Crippen LogP contribution in [0.5, 0.6) is 0 Å². The highest BCUT2D eigenvalue weighted by Crippen LogP contribution is 2.44. The van der Waals surface area contributed by atoms with E-state index in [2.05, 4.69) is 9.97 Å². The number of aryl methyl sites for hydroxylation is 1. The summed E-state index contributed by atoms with van der Waals surface area (Å²) in [5.41, 5.74) is 3.99. The van der Waals surface area contributed by atoms with Gasteiger partial charge in [-0.15, -0.1) is 0 Å². The van der Waals surface area contributed by atoms with E-state index < -0.39 is 10.0 Å². The third kappa shape index (κ3) is 2.65. The molecule has 0 spiro atoms. The molecule has 4 rings (SSSR count). The molecule has 6 heteroatoms. The Balaban J connectivity index is 1.65. The Morgan fingerprint density at radius 3 is 2.79 bits per heavy atom. The van der Waals surface area contributed by atoms with E-state index in [0.29, 0.717) is 6.42 Å². The Kier molecular flexibility index (Phi) is 3.73. The van der Waals surface area contributed by atoms with Crippen LogP contribution in [0.15, 0.2) is 42.2 Å². The normalized spacial score (nSPS) is 23.5. The summed E-state index contributed by atoms with van der Waals surface area (Å²) in [6.45, 7) is 2.01. The molecule has 1 aromatic heterocycles. The van der Waals surface area contributed by atoms with Crippen LogP contribution in [0, 0.1) is 6.92 Å². The van der Waals surface area contributed by atoms with Gasteiger partial charge in [0, 0.05) is 29.6 Å². The summed E-state index contributed by atoms with van der Waals surface area (Å²) < 4.78 is 27.4. The van der Waals surface area contributed by atoms with E-state index in [4.69, 9.17) is 0 Å². The van der Waals surface area contributed by atoms with E-state index in [1.54, 1.807) is 22.9 Å². The van der Waals surface area contributed by atoms with Gasteiger partial charge >= 0.3 is 0 Å². The maximum Gasteiger partial charge on any atom is 0.237 e. The molecule has 2 aromatic rings. The van der Waals surface area contributed by atoms with E-state index in [0.717, 1.165) is 35.2 Å². The van der Waals surface area contributed by atoms with Gasteiger partial charge in [0.05, 0.1) is 11.7 Å². The lowest BCUT2D eigenvalue weighted by Crippen LogP contribution is -2.41. The summed E-state index contributed by atoms with van der Waals surface area (Å²) in [6.07, 6.45) is 7.36. The zero-order valence-corrected chi connectivity index (χ0v) is 14.3. The molecule has 24 heavy (non-hydrogen) atoms. The standard InChI is InChI=1S/C18H19N3O2S/c1-13-2-4-14(5-3-13)8-9-24(22,23)21-15-6-7-18(21)16-11-19-12-20-17(16)10-15/h2-5,8-9,11-12,15,18H,6-7,10H2,1H3/b9-8+. The van der Waals surface area contributed by atoms with Gasteiger partial charge in [0.2, 0.25) is 10.0 Å². The summed E-state index contributed by atoms with van der Waals surface area (Å²) in [7, 11) is -3.47. The van der Waals surface area contributed by atoms with Crippen LogP contribution < -0.4 is 0 Å². The lowest BCUT2D eigenvalue weighted by atomic mass is 10.0.